The van der Waals surface area contributed by atoms with Gasteiger partial charge in [0.1, 0.15) is 24.2 Å². The molecule has 62 heavy (non-hydrogen) atoms. The molecule has 0 bridgehead atoms. The summed E-state index contributed by atoms with van der Waals surface area (Å²) in [7, 11) is 0. The lowest BCUT2D eigenvalue weighted by molar-refractivity contribution is -0.143. The SMILES string of the molecule is CCOC(=O)CC[C@H](CCC(=O)NC(c1ccccc1)(c1ccccc1)c1ccccc1)NC(=O)[C@H](Cc1ccccc1)NC(=O)[C@H](CC(C)C)NC(=O)OCc1ccccc1. The maximum absolute atomic E-state index is 14.4. The second-order valence-electron chi connectivity index (χ2n) is 15.6. The van der Waals surface area contributed by atoms with Crippen LogP contribution in [-0.4, -0.2) is 54.5 Å². The molecule has 11 heteroatoms. The molecule has 4 amide bonds. The first-order valence-corrected chi connectivity index (χ1v) is 21.3. The molecular formula is C51H58N4O7. The Labute approximate surface area is 365 Å². The van der Waals surface area contributed by atoms with Crippen LogP contribution < -0.4 is 21.3 Å². The van der Waals surface area contributed by atoms with Crippen LogP contribution in [0.3, 0.4) is 0 Å². The molecule has 5 rings (SSSR count). The van der Waals surface area contributed by atoms with E-state index < -0.39 is 47.5 Å². The standard InChI is InChI=1S/C51H58N4O7/c1-4-61-47(57)33-31-43(30-32-46(56)55-51(40-24-14-7-15-25-40,41-26-16-8-17-27-41)42-28-18-9-19-29-42)52-48(58)45(35-38-20-10-5-11-21-38)53-49(59)44(34-37(2)3)54-50(60)62-36-39-22-12-6-13-23-39/h5-29,37,43-45H,4,30-36H2,1-3H3,(H,52,58)(H,53,59)(H,54,60)(H,55,56)/t43-,44-,45-/m0/s1. The number of benzene rings is 5. The highest BCUT2D eigenvalue weighted by molar-refractivity contribution is 5.91. The number of amides is 4. The number of carbonyl (C=O) groups is 5. The van der Waals surface area contributed by atoms with Crippen molar-refractivity contribution in [2.45, 2.75) is 89.6 Å². The van der Waals surface area contributed by atoms with Crippen LogP contribution in [0.15, 0.2) is 152 Å². The van der Waals surface area contributed by atoms with Crippen molar-refractivity contribution in [2.75, 3.05) is 6.61 Å². The fraction of sp³-hybridized carbons (Fsp3) is 0.314. The molecule has 0 fully saturated rings. The van der Waals surface area contributed by atoms with Gasteiger partial charge in [-0.2, -0.15) is 0 Å². The van der Waals surface area contributed by atoms with Gasteiger partial charge in [0, 0.05) is 25.3 Å². The lowest BCUT2D eigenvalue weighted by atomic mass is 9.77. The third-order valence-corrected chi connectivity index (χ3v) is 10.5. The molecule has 0 aliphatic heterocycles. The lowest BCUT2D eigenvalue weighted by Crippen LogP contribution is -2.56. The van der Waals surface area contributed by atoms with Gasteiger partial charge >= 0.3 is 12.1 Å². The van der Waals surface area contributed by atoms with Crippen LogP contribution in [0.2, 0.25) is 0 Å². The maximum atomic E-state index is 14.4. The molecule has 0 saturated carbocycles. The predicted octanol–water partition coefficient (Wildman–Crippen LogP) is 7.77. The van der Waals surface area contributed by atoms with E-state index >= 15 is 0 Å². The largest absolute Gasteiger partial charge is 0.466 e. The molecule has 5 aromatic carbocycles. The van der Waals surface area contributed by atoms with Crippen molar-refractivity contribution in [1.29, 1.82) is 0 Å². The molecule has 5 aromatic rings. The minimum Gasteiger partial charge on any atom is -0.466 e. The van der Waals surface area contributed by atoms with Gasteiger partial charge in [-0.05, 0) is 59.9 Å². The third-order valence-electron chi connectivity index (χ3n) is 10.5. The Hall–Kier alpha value is -6.75. The zero-order valence-electron chi connectivity index (χ0n) is 35.8. The normalized spacial score (nSPS) is 12.6. The summed E-state index contributed by atoms with van der Waals surface area (Å²) in [5.41, 5.74) is 3.16. The number of carbonyl (C=O) groups excluding carboxylic acids is 5. The molecule has 0 heterocycles. The third kappa shape index (κ3) is 13.9. The lowest BCUT2D eigenvalue weighted by Gasteiger charge is -2.37. The quantitative estimate of drug-likeness (QED) is 0.0411. The fourth-order valence-corrected chi connectivity index (χ4v) is 7.41. The summed E-state index contributed by atoms with van der Waals surface area (Å²) in [5, 5.41) is 12.0. The maximum Gasteiger partial charge on any atom is 0.408 e. The number of rotatable bonds is 22. The van der Waals surface area contributed by atoms with Crippen LogP contribution in [0.5, 0.6) is 0 Å². The number of alkyl carbamates (subject to hydrolysis) is 1. The summed E-state index contributed by atoms with van der Waals surface area (Å²) < 4.78 is 10.6. The Bertz CT molecular complexity index is 2060. The molecule has 0 aromatic heterocycles. The fourth-order valence-electron chi connectivity index (χ4n) is 7.41. The Kier molecular flexibility index (Phi) is 17.8. The summed E-state index contributed by atoms with van der Waals surface area (Å²) in [4.78, 5) is 68.2. The highest BCUT2D eigenvalue weighted by Gasteiger charge is 2.38. The van der Waals surface area contributed by atoms with Gasteiger partial charge in [-0.25, -0.2) is 4.79 Å². The molecular weight excluding hydrogens is 781 g/mol. The van der Waals surface area contributed by atoms with Gasteiger partial charge in [0.2, 0.25) is 17.7 Å². The average Bonchev–Trinajstić information content (AvgIpc) is 3.29. The van der Waals surface area contributed by atoms with Crippen molar-refractivity contribution in [1.82, 2.24) is 21.3 Å². The van der Waals surface area contributed by atoms with E-state index in [4.69, 9.17) is 9.47 Å². The zero-order valence-corrected chi connectivity index (χ0v) is 35.8. The highest BCUT2D eigenvalue weighted by atomic mass is 16.5. The van der Waals surface area contributed by atoms with E-state index in [9.17, 15) is 24.0 Å². The Morgan fingerprint density at radius 2 is 1.02 bits per heavy atom. The first-order chi connectivity index (χ1) is 30.1. The van der Waals surface area contributed by atoms with E-state index in [2.05, 4.69) is 21.3 Å². The van der Waals surface area contributed by atoms with Crippen molar-refractivity contribution in [3.63, 3.8) is 0 Å². The van der Waals surface area contributed by atoms with Crippen LogP contribution in [0.4, 0.5) is 4.79 Å². The Balaban J connectivity index is 1.36. The van der Waals surface area contributed by atoms with Crippen molar-refractivity contribution < 1.29 is 33.4 Å². The number of esters is 1. The molecule has 3 atom stereocenters. The van der Waals surface area contributed by atoms with Crippen LogP contribution in [0.1, 0.15) is 80.7 Å². The van der Waals surface area contributed by atoms with E-state index in [-0.39, 0.29) is 57.1 Å². The van der Waals surface area contributed by atoms with Crippen LogP contribution >= 0.6 is 0 Å². The second-order valence-corrected chi connectivity index (χ2v) is 15.6. The molecule has 324 valence electrons. The number of nitrogens with one attached hydrogen (secondary N) is 4. The van der Waals surface area contributed by atoms with Crippen molar-refractivity contribution >= 4 is 29.8 Å². The molecule has 11 nitrogen and oxygen atoms in total. The number of ether oxygens (including phenoxy) is 2. The smallest absolute Gasteiger partial charge is 0.408 e. The number of hydrogen-bond acceptors (Lipinski definition) is 7. The predicted molar refractivity (Wildman–Crippen MR) is 239 cm³/mol. The van der Waals surface area contributed by atoms with Crippen LogP contribution in [0.25, 0.3) is 0 Å². The Morgan fingerprint density at radius 3 is 1.52 bits per heavy atom. The highest BCUT2D eigenvalue weighted by Crippen LogP contribution is 2.37. The van der Waals surface area contributed by atoms with E-state index in [1.807, 2.05) is 166 Å². The van der Waals surface area contributed by atoms with Crippen molar-refractivity contribution in [3.05, 3.63) is 179 Å². The van der Waals surface area contributed by atoms with Gasteiger partial charge < -0.3 is 30.7 Å². The van der Waals surface area contributed by atoms with Gasteiger partial charge in [0.15, 0.2) is 0 Å². The molecule has 4 N–H and O–H groups in total. The number of hydrogen-bond donors (Lipinski definition) is 4. The summed E-state index contributed by atoms with van der Waals surface area (Å²) >= 11 is 0. The van der Waals surface area contributed by atoms with Gasteiger partial charge in [-0.15, -0.1) is 0 Å². The second kappa shape index (κ2) is 23.9. The molecule has 0 spiro atoms. The van der Waals surface area contributed by atoms with Gasteiger partial charge in [-0.1, -0.05) is 166 Å². The molecule has 0 aliphatic rings. The van der Waals surface area contributed by atoms with E-state index in [1.165, 1.54) is 0 Å². The first-order valence-electron chi connectivity index (χ1n) is 21.3. The molecule has 0 radical (unpaired) electrons. The summed E-state index contributed by atoms with van der Waals surface area (Å²) in [6.07, 6.45) is 0.0565. The minimum atomic E-state index is -1.07. The molecule has 0 aliphatic carbocycles. The topological polar surface area (TPSA) is 152 Å². The Morgan fingerprint density at radius 1 is 0.548 bits per heavy atom. The molecule has 0 unspecified atom stereocenters. The van der Waals surface area contributed by atoms with Gasteiger partial charge in [-0.3, -0.25) is 19.2 Å². The van der Waals surface area contributed by atoms with E-state index in [0.717, 1.165) is 27.8 Å². The average molecular weight is 839 g/mol. The summed E-state index contributed by atoms with van der Waals surface area (Å²) in [5.74, 6) is -1.73. The minimum absolute atomic E-state index is 0.00318. The van der Waals surface area contributed by atoms with Crippen molar-refractivity contribution in [2.24, 2.45) is 5.92 Å². The first kappa shape index (κ1) is 46.3. The zero-order chi connectivity index (χ0) is 44.2. The monoisotopic (exact) mass is 838 g/mol. The summed E-state index contributed by atoms with van der Waals surface area (Å²) in [6.45, 7) is 5.81. The van der Waals surface area contributed by atoms with Crippen LogP contribution in [-0.2, 0) is 47.2 Å². The molecule has 0 saturated heterocycles. The van der Waals surface area contributed by atoms with Crippen LogP contribution in [0, 0.1) is 5.92 Å². The van der Waals surface area contributed by atoms with Gasteiger partial charge in [0.25, 0.3) is 0 Å². The van der Waals surface area contributed by atoms with E-state index in [1.54, 1.807) is 6.92 Å². The summed E-state index contributed by atoms with van der Waals surface area (Å²) in [6, 6.07) is 45.1. The van der Waals surface area contributed by atoms with E-state index in [0.29, 0.717) is 6.42 Å². The van der Waals surface area contributed by atoms with Crippen molar-refractivity contribution in [3.8, 4) is 0 Å². The van der Waals surface area contributed by atoms with Gasteiger partial charge in [0.05, 0.1) is 6.61 Å².